The number of carbonyl (C=O) groups is 1. The maximum Gasteiger partial charge on any atom is 0.283 e. The zero-order valence-electron chi connectivity index (χ0n) is 17.4. The van der Waals surface area contributed by atoms with Crippen molar-refractivity contribution in [3.05, 3.63) is 52.9 Å². The zero-order valence-corrected chi connectivity index (χ0v) is 18.2. The van der Waals surface area contributed by atoms with Gasteiger partial charge in [-0.15, -0.1) is 0 Å². The van der Waals surface area contributed by atoms with Gasteiger partial charge >= 0.3 is 0 Å². The van der Waals surface area contributed by atoms with Gasteiger partial charge < -0.3 is 9.30 Å². The maximum atomic E-state index is 12.6. The van der Waals surface area contributed by atoms with E-state index in [2.05, 4.69) is 14.7 Å². The normalized spacial score (nSPS) is 17.3. The SMILES string of the molecule is CCOc1ccccc1-n1c(C)cc(/C=C2/C(=N)N3N=C(CC)SC3=NC2=O)c1C. The largest absolute Gasteiger partial charge is 0.492 e. The van der Waals surface area contributed by atoms with Gasteiger partial charge in [-0.1, -0.05) is 19.1 Å². The van der Waals surface area contributed by atoms with Crippen LogP contribution in [-0.4, -0.2) is 38.1 Å². The van der Waals surface area contributed by atoms with E-state index < -0.39 is 5.91 Å². The van der Waals surface area contributed by atoms with Crippen LogP contribution < -0.4 is 4.74 Å². The van der Waals surface area contributed by atoms with Crippen molar-refractivity contribution in [3.8, 4) is 11.4 Å². The highest BCUT2D eigenvalue weighted by Crippen LogP contribution is 2.32. The number of aryl methyl sites for hydroxylation is 1. The fourth-order valence-electron chi connectivity index (χ4n) is 3.55. The van der Waals surface area contributed by atoms with Gasteiger partial charge in [0.25, 0.3) is 5.91 Å². The first-order valence-corrected chi connectivity index (χ1v) is 10.7. The highest BCUT2D eigenvalue weighted by atomic mass is 32.2. The van der Waals surface area contributed by atoms with Crippen LogP contribution in [-0.2, 0) is 4.79 Å². The van der Waals surface area contributed by atoms with E-state index >= 15 is 0 Å². The molecule has 0 unspecified atom stereocenters. The predicted molar refractivity (Wildman–Crippen MR) is 122 cm³/mol. The van der Waals surface area contributed by atoms with E-state index in [9.17, 15) is 4.79 Å². The number of hydrogen-bond donors (Lipinski definition) is 1. The van der Waals surface area contributed by atoms with E-state index in [4.69, 9.17) is 10.1 Å². The number of nitrogens with zero attached hydrogens (tertiary/aromatic N) is 4. The summed E-state index contributed by atoms with van der Waals surface area (Å²) >= 11 is 1.34. The summed E-state index contributed by atoms with van der Waals surface area (Å²) in [6.07, 6.45) is 2.47. The van der Waals surface area contributed by atoms with Crippen molar-refractivity contribution in [1.29, 1.82) is 5.41 Å². The molecule has 2 aliphatic heterocycles. The van der Waals surface area contributed by atoms with Crippen molar-refractivity contribution in [2.75, 3.05) is 6.61 Å². The molecule has 30 heavy (non-hydrogen) atoms. The van der Waals surface area contributed by atoms with Crippen molar-refractivity contribution >= 4 is 39.8 Å². The van der Waals surface area contributed by atoms with Crippen molar-refractivity contribution in [2.24, 2.45) is 10.1 Å². The maximum absolute atomic E-state index is 12.6. The van der Waals surface area contributed by atoms with Crippen LogP contribution in [0.1, 0.15) is 37.2 Å². The number of thioether (sulfide) groups is 1. The molecule has 7 nitrogen and oxygen atoms in total. The summed E-state index contributed by atoms with van der Waals surface area (Å²) in [5.74, 6) is 0.443. The summed E-state index contributed by atoms with van der Waals surface area (Å²) in [7, 11) is 0. The Labute approximate surface area is 179 Å². The Kier molecular flexibility index (Phi) is 5.34. The third-order valence-electron chi connectivity index (χ3n) is 4.97. The highest BCUT2D eigenvalue weighted by Gasteiger charge is 2.35. The van der Waals surface area contributed by atoms with Crippen molar-refractivity contribution in [2.45, 2.75) is 34.1 Å². The van der Waals surface area contributed by atoms with E-state index in [1.807, 2.05) is 58.0 Å². The van der Waals surface area contributed by atoms with Gasteiger partial charge in [0.15, 0.2) is 5.84 Å². The van der Waals surface area contributed by atoms with E-state index in [-0.39, 0.29) is 11.4 Å². The predicted octanol–water partition coefficient (Wildman–Crippen LogP) is 4.52. The molecule has 0 aliphatic carbocycles. The highest BCUT2D eigenvalue weighted by molar-refractivity contribution is 8.26. The molecule has 154 valence electrons. The minimum absolute atomic E-state index is 0.0560. The summed E-state index contributed by atoms with van der Waals surface area (Å²) in [5.41, 5.74) is 4.00. The molecule has 0 spiro atoms. The first kappa shape index (κ1) is 20.2. The van der Waals surface area contributed by atoms with Crippen molar-refractivity contribution in [3.63, 3.8) is 0 Å². The molecule has 0 saturated carbocycles. The third-order valence-corrected chi connectivity index (χ3v) is 6.03. The number of amidine groups is 2. The number of fused-ring (bicyclic) bond motifs is 1. The molecule has 8 heteroatoms. The topological polar surface area (TPSA) is 83.0 Å². The minimum atomic E-state index is -0.411. The molecule has 2 aromatic rings. The lowest BCUT2D eigenvalue weighted by atomic mass is 10.1. The van der Waals surface area contributed by atoms with Crippen LogP contribution in [0.25, 0.3) is 11.8 Å². The summed E-state index contributed by atoms with van der Waals surface area (Å²) < 4.78 is 7.90. The Balaban J connectivity index is 1.76. The van der Waals surface area contributed by atoms with Gasteiger partial charge in [0, 0.05) is 11.4 Å². The van der Waals surface area contributed by atoms with E-state index in [0.717, 1.165) is 39.9 Å². The van der Waals surface area contributed by atoms with Crippen LogP contribution in [0.3, 0.4) is 0 Å². The van der Waals surface area contributed by atoms with Gasteiger partial charge in [-0.25, -0.2) is 0 Å². The fraction of sp³-hybridized carbons (Fsp3) is 0.273. The number of rotatable bonds is 5. The lowest BCUT2D eigenvalue weighted by Gasteiger charge is -2.20. The molecule has 1 aromatic carbocycles. The Bertz CT molecular complexity index is 1140. The molecule has 3 heterocycles. The summed E-state index contributed by atoms with van der Waals surface area (Å²) in [6, 6.07) is 9.88. The first-order chi connectivity index (χ1) is 14.4. The monoisotopic (exact) mass is 421 g/mol. The molecule has 0 saturated heterocycles. The number of hydrogen-bond acceptors (Lipinski definition) is 5. The van der Waals surface area contributed by atoms with Crippen molar-refractivity contribution in [1.82, 2.24) is 9.58 Å². The first-order valence-electron chi connectivity index (χ1n) is 9.84. The number of carbonyl (C=O) groups excluding carboxylic acids is 1. The van der Waals surface area contributed by atoms with Crippen LogP contribution >= 0.6 is 11.8 Å². The molecular formula is C22H23N5O2S. The van der Waals surface area contributed by atoms with E-state index in [1.54, 1.807) is 6.08 Å². The van der Waals surface area contributed by atoms with Crippen LogP contribution in [0.15, 0.2) is 46.0 Å². The standard InChI is InChI=1S/C22H23N5O2S/c1-5-19-25-27-20(23)16(21(28)24-22(27)30-19)12-15-11-13(3)26(14(15)4)17-9-7-8-10-18(17)29-6-2/h7-12,23H,5-6H2,1-4H3/b16-12-,23-20?. The van der Waals surface area contributed by atoms with Gasteiger partial charge in [-0.3, -0.25) is 10.2 Å². The second kappa shape index (κ2) is 7.95. The molecule has 1 aromatic heterocycles. The molecule has 4 rings (SSSR count). The Morgan fingerprint density at radius 3 is 2.73 bits per heavy atom. The lowest BCUT2D eigenvalue weighted by molar-refractivity contribution is -0.114. The number of aromatic nitrogens is 1. The smallest absolute Gasteiger partial charge is 0.283 e. The second-order valence-corrected chi connectivity index (χ2v) is 7.97. The van der Waals surface area contributed by atoms with Gasteiger partial charge in [0.1, 0.15) is 10.8 Å². The second-order valence-electron chi connectivity index (χ2n) is 6.93. The number of benzene rings is 1. The Hall–Kier alpha value is -3.13. The van der Waals surface area contributed by atoms with Gasteiger partial charge in [0.05, 0.1) is 17.9 Å². The minimum Gasteiger partial charge on any atom is -0.492 e. The summed E-state index contributed by atoms with van der Waals surface area (Å²) in [4.78, 5) is 16.8. The molecule has 2 aliphatic rings. The quantitative estimate of drug-likeness (QED) is 0.720. The molecule has 0 atom stereocenters. The average Bonchev–Trinajstić information content (AvgIpc) is 3.26. The number of para-hydroxylation sites is 2. The molecule has 0 bridgehead atoms. The molecule has 1 amide bonds. The van der Waals surface area contributed by atoms with Crippen molar-refractivity contribution < 1.29 is 9.53 Å². The molecule has 0 radical (unpaired) electrons. The Morgan fingerprint density at radius 1 is 1.23 bits per heavy atom. The van der Waals surface area contributed by atoms with Gasteiger partial charge in [-0.05, 0) is 68.8 Å². The summed E-state index contributed by atoms with van der Waals surface area (Å²) in [5, 5.41) is 15.7. The molecule has 0 fully saturated rings. The third kappa shape index (κ3) is 3.37. The van der Waals surface area contributed by atoms with Crippen LogP contribution in [0.4, 0.5) is 0 Å². The van der Waals surface area contributed by atoms with Crippen LogP contribution in [0.2, 0.25) is 0 Å². The van der Waals surface area contributed by atoms with Crippen LogP contribution in [0, 0.1) is 19.3 Å². The number of amides is 1. The fourth-order valence-corrected chi connectivity index (χ4v) is 4.38. The number of ether oxygens (including phenoxy) is 1. The number of nitrogens with one attached hydrogen (secondary N) is 1. The van der Waals surface area contributed by atoms with E-state index in [1.165, 1.54) is 16.8 Å². The number of aliphatic imine (C=N–C) groups is 1. The molecule has 1 N–H and O–H groups in total. The number of hydrazone groups is 1. The summed E-state index contributed by atoms with van der Waals surface area (Å²) in [6.45, 7) is 8.53. The molecular weight excluding hydrogens is 398 g/mol. The lowest BCUT2D eigenvalue weighted by Crippen LogP contribution is -2.35. The van der Waals surface area contributed by atoms with Gasteiger partial charge in [-0.2, -0.15) is 15.1 Å². The zero-order chi connectivity index (χ0) is 21.4. The van der Waals surface area contributed by atoms with E-state index in [0.29, 0.717) is 11.8 Å². The Morgan fingerprint density at radius 2 is 2.00 bits per heavy atom. The average molecular weight is 422 g/mol. The van der Waals surface area contributed by atoms with Crippen LogP contribution in [0.5, 0.6) is 5.75 Å². The van der Waals surface area contributed by atoms with Gasteiger partial charge in [0.2, 0.25) is 5.17 Å².